The van der Waals surface area contributed by atoms with Crippen molar-refractivity contribution in [1.29, 1.82) is 0 Å². The van der Waals surface area contributed by atoms with Gasteiger partial charge in [-0.15, -0.1) is 0 Å². The lowest BCUT2D eigenvalue weighted by atomic mass is 9.96. The Morgan fingerprint density at radius 3 is 3.05 bits per heavy atom. The number of rotatable bonds is 6. The van der Waals surface area contributed by atoms with Gasteiger partial charge in [0.15, 0.2) is 0 Å². The summed E-state index contributed by atoms with van der Waals surface area (Å²) >= 11 is 0. The van der Waals surface area contributed by atoms with Crippen molar-refractivity contribution in [1.82, 2.24) is 0 Å². The van der Waals surface area contributed by atoms with E-state index in [2.05, 4.69) is 4.90 Å². The topological polar surface area (TPSA) is 49.8 Å². The van der Waals surface area contributed by atoms with Gasteiger partial charge in [-0.1, -0.05) is 6.07 Å². The van der Waals surface area contributed by atoms with Crippen molar-refractivity contribution in [2.45, 2.75) is 26.2 Å². The number of carboxylic acid groups (broad SMARTS) is 1. The van der Waals surface area contributed by atoms with Gasteiger partial charge in [-0.25, -0.2) is 4.79 Å². The lowest BCUT2D eigenvalue weighted by molar-refractivity contribution is 0.0695. The second kappa shape index (κ2) is 6.57. The molecular weight excluding hydrogens is 242 g/mol. The monoisotopic (exact) mass is 263 g/mol. The fourth-order valence-corrected chi connectivity index (χ4v) is 2.64. The molecule has 0 amide bonds. The van der Waals surface area contributed by atoms with Gasteiger partial charge in [0.25, 0.3) is 0 Å². The molecule has 0 spiro atoms. The number of hydrogen-bond donors (Lipinski definition) is 1. The third-order valence-electron chi connectivity index (χ3n) is 3.50. The maximum absolute atomic E-state index is 11.2. The van der Waals surface area contributed by atoms with E-state index in [4.69, 9.17) is 4.74 Å². The van der Waals surface area contributed by atoms with Crippen LogP contribution in [-0.2, 0) is 11.2 Å². The van der Waals surface area contributed by atoms with Crippen LogP contribution < -0.4 is 4.90 Å². The van der Waals surface area contributed by atoms with E-state index in [-0.39, 0.29) is 0 Å². The number of ether oxygens (including phenoxy) is 1. The molecule has 1 N–H and O–H groups in total. The molecule has 0 saturated carbocycles. The highest BCUT2D eigenvalue weighted by molar-refractivity contribution is 5.91. The molecule has 0 bridgehead atoms. The van der Waals surface area contributed by atoms with Gasteiger partial charge in [-0.3, -0.25) is 0 Å². The van der Waals surface area contributed by atoms with Crippen molar-refractivity contribution < 1.29 is 14.6 Å². The molecule has 0 aliphatic carbocycles. The minimum atomic E-state index is -0.826. The van der Waals surface area contributed by atoms with E-state index in [1.54, 1.807) is 6.07 Å². The molecule has 4 heteroatoms. The smallest absolute Gasteiger partial charge is 0.336 e. The van der Waals surface area contributed by atoms with E-state index in [1.807, 2.05) is 19.1 Å². The predicted octanol–water partition coefficient (Wildman–Crippen LogP) is 2.56. The van der Waals surface area contributed by atoms with Gasteiger partial charge >= 0.3 is 5.97 Å². The quantitative estimate of drug-likeness (QED) is 0.801. The molecule has 0 radical (unpaired) electrons. The predicted molar refractivity (Wildman–Crippen MR) is 75.0 cm³/mol. The van der Waals surface area contributed by atoms with Crippen LogP contribution in [0, 0.1) is 0 Å². The van der Waals surface area contributed by atoms with Crippen molar-refractivity contribution in [2.75, 3.05) is 31.2 Å². The molecule has 4 nitrogen and oxygen atoms in total. The Kier molecular flexibility index (Phi) is 4.80. The van der Waals surface area contributed by atoms with Gasteiger partial charge in [-0.05, 0) is 43.9 Å². The van der Waals surface area contributed by atoms with Crippen LogP contribution in [0.5, 0.6) is 0 Å². The van der Waals surface area contributed by atoms with Gasteiger partial charge in [0.05, 0.1) is 5.56 Å². The Labute approximate surface area is 114 Å². The first kappa shape index (κ1) is 13.9. The van der Waals surface area contributed by atoms with E-state index in [0.717, 1.165) is 56.8 Å². The first-order chi connectivity index (χ1) is 9.24. The average molecular weight is 263 g/mol. The lowest BCUT2D eigenvalue weighted by Gasteiger charge is -2.32. The Morgan fingerprint density at radius 2 is 2.32 bits per heavy atom. The molecule has 0 unspecified atom stereocenters. The highest BCUT2D eigenvalue weighted by Gasteiger charge is 2.21. The zero-order valence-electron chi connectivity index (χ0n) is 11.4. The molecule has 2 rings (SSSR count). The molecule has 1 aliphatic rings. The molecule has 1 aliphatic heterocycles. The zero-order valence-corrected chi connectivity index (χ0v) is 11.4. The van der Waals surface area contributed by atoms with Crippen LogP contribution in [0.1, 0.15) is 35.7 Å². The largest absolute Gasteiger partial charge is 0.478 e. The first-order valence-electron chi connectivity index (χ1n) is 6.92. The number of carbonyl (C=O) groups is 1. The fourth-order valence-electron chi connectivity index (χ4n) is 2.64. The van der Waals surface area contributed by atoms with Crippen LogP contribution in [-0.4, -0.2) is 37.4 Å². The van der Waals surface area contributed by atoms with E-state index in [1.165, 1.54) is 0 Å². The second-order valence-corrected chi connectivity index (χ2v) is 4.75. The van der Waals surface area contributed by atoms with Gasteiger partial charge < -0.3 is 14.7 Å². The Bertz CT molecular complexity index is 445. The molecule has 0 saturated heterocycles. The average Bonchev–Trinajstić information content (AvgIpc) is 2.43. The number of carboxylic acids is 1. The van der Waals surface area contributed by atoms with Gasteiger partial charge in [-0.2, -0.15) is 0 Å². The molecule has 1 aromatic carbocycles. The molecule has 1 aromatic rings. The Morgan fingerprint density at radius 1 is 1.47 bits per heavy atom. The molecular formula is C15H21NO3. The van der Waals surface area contributed by atoms with Crippen LogP contribution >= 0.6 is 0 Å². The lowest BCUT2D eigenvalue weighted by Crippen LogP contribution is -2.31. The summed E-state index contributed by atoms with van der Waals surface area (Å²) in [6, 6.07) is 5.57. The summed E-state index contributed by atoms with van der Waals surface area (Å²) in [7, 11) is 0. The Hall–Kier alpha value is -1.55. The van der Waals surface area contributed by atoms with E-state index in [9.17, 15) is 9.90 Å². The standard InChI is InChI=1S/C15H21NO3/c1-2-19-11-5-10-16-9-4-7-12-13(15(17)18)6-3-8-14(12)16/h3,6,8H,2,4-5,7,9-11H2,1H3,(H,17,18). The summed E-state index contributed by atoms with van der Waals surface area (Å²) in [5.74, 6) is -0.826. The number of nitrogens with zero attached hydrogens (tertiary/aromatic N) is 1. The van der Waals surface area contributed by atoms with Crippen LogP contribution in [0.4, 0.5) is 5.69 Å². The highest BCUT2D eigenvalue weighted by Crippen LogP contribution is 2.29. The Balaban J connectivity index is 2.11. The fraction of sp³-hybridized carbons (Fsp3) is 0.533. The summed E-state index contributed by atoms with van der Waals surface area (Å²) in [5, 5.41) is 9.23. The summed E-state index contributed by atoms with van der Waals surface area (Å²) in [5.41, 5.74) is 2.52. The molecule has 0 atom stereocenters. The first-order valence-corrected chi connectivity index (χ1v) is 6.92. The van der Waals surface area contributed by atoms with Crippen molar-refractivity contribution in [3.05, 3.63) is 29.3 Å². The van der Waals surface area contributed by atoms with Crippen molar-refractivity contribution in [2.24, 2.45) is 0 Å². The highest BCUT2D eigenvalue weighted by atomic mass is 16.5. The number of benzene rings is 1. The summed E-state index contributed by atoms with van der Waals surface area (Å²) in [6.07, 6.45) is 2.86. The van der Waals surface area contributed by atoms with Gasteiger partial charge in [0, 0.05) is 32.0 Å². The number of fused-ring (bicyclic) bond motifs is 1. The van der Waals surface area contributed by atoms with Crippen LogP contribution in [0.2, 0.25) is 0 Å². The third-order valence-corrected chi connectivity index (χ3v) is 3.50. The van der Waals surface area contributed by atoms with E-state index >= 15 is 0 Å². The molecule has 104 valence electrons. The van der Waals surface area contributed by atoms with Crippen LogP contribution in [0.25, 0.3) is 0 Å². The summed E-state index contributed by atoms with van der Waals surface area (Å²) in [6.45, 7) is 5.44. The van der Waals surface area contributed by atoms with Crippen LogP contribution in [0.3, 0.4) is 0 Å². The molecule has 0 fully saturated rings. The second-order valence-electron chi connectivity index (χ2n) is 4.75. The zero-order chi connectivity index (χ0) is 13.7. The van der Waals surface area contributed by atoms with E-state index < -0.39 is 5.97 Å². The number of anilines is 1. The summed E-state index contributed by atoms with van der Waals surface area (Å²) in [4.78, 5) is 13.5. The van der Waals surface area contributed by atoms with Gasteiger partial charge in [0.2, 0.25) is 0 Å². The molecule has 0 aromatic heterocycles. The van der Waals surface area contributed by atoms with Crippen molar-refractivity contribution >= 4 is 11.7 Å². The molecule has 1 heterocycles. The SMILES string of the molecule is CCOCCCN1CCCc2c(C(=O)O)cccc21. The van der Waals surface area contributed by atoms with Crippen molar-refractivity contribution in [3.63, 3.8) is 0 Å². The van der Waals surface area contributed by atoms with E-state index in [0.29, 0.717) is 5.56 Å². The van der Waals surface area contributed by atoms with Crippen LogP contribution in [0.15, 0.2) is 18.2 Å². The maximum atomic E-state index is 11.2. The normalized spacial score (nSPS) is 14.3. The summed E-state index contributed by atoms with van der Waals surface area (Å²) < 4.78 is 5.35. The third kappa shape index (κ3) is 3.26. The maximum Gasteiger partial charge on any atom is 0.336 e. The number of aromatic carboxylic acids is 1. The number of hydrogen-bond acceptors (Lipinski definition) is 3. The minimum absolute atomic E-state index is 0.451. The van der Waals surface area contributed by atoms with Gasteiger partial charge in [0.1, 0.15) is 0 Å². The molecule has 19 heavy (non-hydrogen) atoms. The minimum Gasteiger partial charge on any atom is -0.478 e. The van der Waals surface area contributed by atoms with Crippen molar-refractivity contribution in [3.8, 4) is 0 Å².